The Bertz CT molecular complexity index is 572. The summed E-state index contributed by atoms with van der Waals surface area (Å²) in [6.07, 6.45) is 15.6. The molecule has 0 spiro atoms. The van der Waals surface area contributed by atoms with Gasteiger partial charge >= 0.3 is 0 Å². The Balaban J connectivity index is 2.26. The molecule has 1 aliphatic heterocycles. The fraction of sp³-hybridized carbons (Fsp3) is 0.625. The zero-order valence-corrected chi connectivity index (χ0v) is 17.6. The van der Waals surface area contributed by atoms with Gasteiger partial charge in [0.05, 0.1) is 12.7 Å². The van der Waals surface area contributed by atoms with E-state index >= 15 is 0 Å². The average molecular weight is 372 g/mol. The first-order valence-electron chi connectivity index (χ1n) is 10.3. The predicted molar refractivity (Wildman–Crippen MR) is 113 cm³/mol. The van der Waals surface area contributed by atoms with Gasteiger partial charge in [-0.3, -0.25) is 0 Å². The van der Waals surface area contributed by atoms with Crippen LogP contribution in [0.4, 0.5) is 0 Å². The van der Waals surface area contributed by atoms with Crippen molar-refractivity contribution in [3.8, 4) is 6.07 Å². The lowest BCUT2D eigenvalue weighted by molar-refractivity contribution is -0.156. The van der Waals surface area contributed by atoms with Crippen molar-refractivity contribution in [2.45, 2.75) is 84.8 Å². The maximum Gasteiger partial charge on any atom is 0.158 e. The number of nitriles is 1. The molecule has 3 nitrogen and oxygen atoms in total. The number of nitrogens with zero attached hydrogens (tertiary/aromatic N) is 1. The van der Waals surface area contributed by atoms with Gasteiger partial charge in [-0.1, -0.05) is 34.9 Å². The Morgan fingerprint density at radius 2 is 1.74 bits per heavy atom. The van der Waals surface area contributed by atoms with Crippen LogP contribution >= 0.6 is 0 Å². The number of allylic oxidation sites excluding steroid dienone is 6. The Labute approximate surface area is 166 Å². The molecule has 1 saturated heterocycles. The van der Waals surface area contributed by atoms with Crippen LogP contribution in [0.1, 0.15) is 78.6 Å². The van der Waals surface area contributed by atoms with Crippen molar-refractivity contribution in [3.63, 3.8) is 0 Å². The van der Waals surface area contributed by atoms with E-state index in [1.165, 1.54) is 23.1 Å². The highest BCUT2D eigenvalue weighted by Gasteiger charge is 2.13. The molecule has 0 aromatic carbocycles. The summed E-state index contributed by atoms with van der Waals surface area (Å²) in [5.41, 5.74) is 4.71. The molecule has 0 aliphatic carbocycles. The second-order valence-electron chi connectivity index (χ2n) is 7.62. The van der Waals surface area contributed by atoms with Crippen molar-refractivity contribution in [2.75, 3.05) is 13.2 Å². The molecule has 1 unspecified atom stereocenters. The van der Waals surface area contributed by atoms with E-state index in [1.807, 2.05) is 0 Å². The molecule has 3 heteroatoms. The molecule has 1 atom stereocenters. The van der Waals surface area contributed by atoms with Crippen LogP contribution in [0.3, 0.4) is 0 Å². The van der Waals surface area contributed by atoms with E-state index in [1.54, 1.807) is 0 Å². The van der Waals surface area contributed by atoms with Gasteiger partial charge in [-0.25, -0.2) is 0 Å². The molecule has 0 aromatic rings. The predicted octanol–water partition coefficient (Wildman–Crippen LogP) is 6.79. The Morgan fingerprint density at radius 3 is 2.41 bits per heavy atom. The van der Waals surface area contributed by atoms with Crippen LogP contribution in [0.2, 0.25) is 0 Å². The lowest BCUT2D eigenvalue weighted by atomic mass is 10.0. The highest BCUT2D eigenvalue weighted by molar-refractivity contribution is 5.21. The average Bonchev–Trinajstić information content (AvgIpc) is 2.65. The topological polar surface area (TPSA) is 42.2 Å². The highest BCUT2D eigenvalue weighted by Crippen LogP contribution is 2.16. The third-order valence-electron chi connectivity index (χ3n) is 4.68. The molecule has 1 heterocycles. The van der Waals surface area contributed by atoms with Crippen molar-refractivity contribution < 1.29 is 9.47 Å². The summed E-state index contributed by atoms with van der Waals surface area (Å²) in [6.45, 7) is 11.7. The van der Waals surface area contributed by atoms with Crippen LogP contribution < -0.4 is 0 Å². The Kier molecular flexibility index (Phi) is 12.5. The molecule has 0 amide bonds. The van der Waals surface area contributed by atoms with Crippen molar-refractivity contribution in [2.24, 2.45) is 0 Å². The maximum atomic E-state index is 9.33. The van der Waals surface area contributed by atoms with E-state index in [-0.39, 0.29) is 6.29 Å². The second kappa shape index (κ2) is 14.4. The van der Waals surface area contributed by atoms with Gasteiger partial charge in [0.1, 0.15) is 0 Å². The van der Waals surface area contributed by atoms with E-state index in [0.717, 1.165) is 63.5 Å². The number of hydrogen-bond donors (Lipinski definition) is 0. The quantitative estimate of drug-likeness (QED) is 0.280. The Morgan fingerprint density at radius 1 is 1.04 bits per heavy atom. The summed E-state index contributed by atoms with van der Waals surface area (Å²) in [4.78, 5) is 0. The fourth-order valence-corrected chi connectivity index (χ4v) is 2.94. The third kappa shape index (κ3) is 12.4. The lowest BCUT2D eigenvalue weighted by Crippen LogP contribution is -2.22. The van der Waals surface area contributed by atoms with Crippen LogP contribution in [-0.4, -0.2) is 19.5 Å². The normalized spacial score (nSPS) is 19.0. The first-order chi connectivity index (χ1) is 13.0. The van der Waals surface area contributed by atoms with Gasteiger partial charge in [-0.05, 0) is 78.6 Å². The van der Waals surface area contributed by atoms with E-state index in [0.29, 0.717) is 6.61 Å². The first-order valence-corrected chi connectivity index (χ1v) is 10.3. The van der Waals surface area contributed by atoms with Crippen molar-refractivity contribution in [3.05, 3.63) is 47.1 Å². The number of ether oxygens (including phenoxy) is 2. The molecule has 1 aliphatic rings. The summed E-state index contributed by atoms with van der Waals surface area (Å²) < 4.78 is 11.4. The second-order valence-corrected chi connectivity index (χ2v) is 7.62. The minimum absolute atomic E-state index is 0.0386. The van der Waals surface area contributed by atoms with Crippen LogP contribution in [0.25, 0.3) is 0 Å². The van der Waals surface area contributed by atoms with Gasteiger partial charge in [0.25, 0.3) is 0 Å². The third-order valence-corrected chi connectivity index (χ3v) is 4.68. The van der Waals surface area contributed by atoms with E-state index in [2.05, 4.69) is 51.6 Å². The standard InChI is InChI=1S/C24H37NO2/c1-20(2)10-7-11-21(3)12-8-14-23(18-25)15-9-13-22(4)19-27-24-16-5-6-17-26-24/h11,13-14,24H,1,5-10,12,15-17,19H2,2-4H3/b21-11+,22-13+,23-14-. The molecule has 0 radical (unpaired) electrons. The van der Waals surface area contributed by atoms with E-state index in [9.17, 15) is 5.26 Å². The fourth-order valence-electron chi connectivity index (χ4n) is 2.94. The van der Waals surface area contributed by atoms with E-state index in [4.69, 9.17) is 9.47 Å². The SMILES string of the molecule is C=C(C)CC/C=C(\C)CC/C=C(\C#N)CC/C=C(\C)COC1CCCCO1. The summed E-state index contributed by atoms with van der Waals surface area (Å²) in [5, 5.41) is 9.33. The summed E-state index contributed by atoms with van der Waals surface area (Å²) >= 11 is 0. The van der Waals surface area contributed by atoms with Gasteiger partial charge in [0.2, 0.25) is 0 Å². The molecule has 0 saturated carbocycles. The van der Waals surface area contributed by atoms with E-state index < -0.39 is 0 Å². The summed E-state index contributed by atoms with van der Waals surface area (Å²) in [5.74, 6) is 0. The smallest absolute Gasteiger partial charge is 0.158 e. The van der Waals surface area contributed by atoms with Gasteiger partial charge < -0.3 is 9.47 Å². The zero-order chi connectivity index (χ0) is 19.9. The monoisotopic (exact) mass is 371 g/mol. The molecule has 0 aromatic heterocycles. The maximum absolute atomic E-state index is 9.33. The van der Waals surface area contributed by atoms with Crippen LogP contribution in [0.15, 0.2) is 47.1 Å². The van der Waals surface area contributed by atoms with Gasteiger partial charge in [0, 0.05) is 12.2 Å². The minimum Gasteiger partial charge on any atom is -0.353 e. The summed E-state index contributed by atoms with van der Waals surface area (Å²) in [6, 6.07) is 2.34. The Hall–Kier alpha value is -1.63. The molecular formula is C24H37NO2. The number of hydrogen-bond acceptors (Lipinski definition) is 3. The van der Waals surface area contributed by atoms with Gasteiger partial charge in [-0.2, -0.15) is 5.26 Å². The van der Waals surface area contributed by atoms with Crippen molar-refractivity contribution in [1.82, 2.24) is 0 Å². The van der Waals surface area contributed by atoms with Crippen LogP contribution in [0.5, 0.6) is 0 Å². The lowest BCUT2D eigenvalue weighted by Gasteiger charge is -2.22. The molecular weight excluding hydrogens is 334 g/mol. The highest BCUT2D eigenvalue weighted by atomic mass is 16.7. The largest absolute Gasteiger partial charge is 0.353 e. The molecule has 1 fully saturated rings. The molecule has 27 heavy (non-hydrogen) atoms. The van der Waals surface area contributed by atoms with Gasteiger partial charge in [0.15, 0.2) is 6.29 Å². The summed E-state index contributed by atoms with van der Waals surface area (Å²) in [7, 11) is 0. The molecule has 0 bridgehead atoms. The van der Waals surface area contributed by atoms with Crippen LogP contribution in [-0.2, 0) is 9.47 Å². The number of rotatable bonds is 12. The zero-order valence-electron chi connectivity index (χ0n) is 17.6. The first kappa shape index (κ1) is 23.4. The van der Waals surface area contributed by atoms with Crippen molar-refractivity contribution in [1.29, 1.82) is 5.26 Å². The van der Waals surface area contributed by atoms with Gasteiger partial charge in [-0.15, -0.1) is 6.58 Å². The van der Waals surface area contributed by atoms with Crippen LogP contribution in [0, 0.1) is 11.3 Å². The van der Waals surface area contributed by atoms with Crippen molar-refractivity contribution >= 4 is 0 Å². The molecule has 1 rings (SSSR count). The molecule has 0 N–H and O–H groups in total. The molecule has 150 valence electrons. The minimum atomic E-state index is -0.0386.